The van der Waals surface area contributed by atoms with Gasteiger partial charge in [0.1, 0.15) is 0 Å². The number of nitro benzene ring substituents is 1. The van der Waals surface area contributed by atoms with Crippen molar-refractivity contribution in [2.24, 2.45) is 0 Å². The molecule has 1 aliphatic heterocycles. The van der Waals surface area contributed by atoms with Gasteiger partial charge in [-0.15, -0.1) is 0 Å². The average molecular weight is 365 g/mol. The van der Waals surface area contributed by atoms with Crippen LogP contribution in [0, 0.1) is 24.0 Å². The van der Waals surface area contributed by atoms with E-state index in [1.807, 2.05) is 13.8 Å². The molecule has 0 saturated carbocycles. The maximum Gasteiger partial charge on any atom is 0.270 e. The Morgan fingerprint density at radius 3 is 2.44 bits per heavy atom. The van der Waals surface area contributed by atoms with Crippen molar-refractivity contribution in [3.05, 3.63) is 45.8 Å². The molecule has 1 N–H and O–H groups in total. The predicted octanol–water partition coefficient (Wildman–Crippen LogP) is 1.45. The molecule has 1 aromatic heterocycles. The predicted molar refractivity (Wildman–Crippen MR) is 92.1 cm³/mol. The summed E-state index contributed by atoms with van der Waals surface area (Å²) in [5.74, 6) is 0. The Morgan fingerprint density at radius 1 is 1.20 bits per heavy atom. The lowest BCUT2D eigenvalue weighted by Crippen LogP contribution is -2.48. The van der Waals surface area contributed by atoms with Crippen LogP contribution >= 0.6 is 0 Å². The van der Waals surface area contributed by atoms with Gasteiger partial charge in [-0.2, -0.15) is 9.40 Å². The van der Waals surface area contributed by atoms with Crippen LogP contribution < -0.4 is 4.90 Å². The minimum absolute atomic E-state index is 0.0502. The first-order chi connectivity index (χ1) is 11.8. The number of nitrogens with zero attached hydrogens (tertiary/aromatic N) is 4. The van der Waals surface area contributed by atoms with Gasteiger partial charge in [0.15, 0.2) is 0 Å². The quantitative estimate of drug-likeness (QED) is 0.648. The molecule has 10 heteroatoms. The van der Waals surface area contributed by atoms with Gasteiger partial charge in [0.05, 0.1) is 26.9 Å². The molecule has 0 radical (unpaired) electrons. The van der Waals surface area contributed by atoms with Crippen LogP contribution in [0.4, 0.5) is 11.4 Å². The summed E-state index contributed by atoms with van der Waals surface area (Å²) in [5.41, 5.74) is 2.61. The molecule has 9 nitrogen and oxygen atoms in total. The molecule has 0 amide bonds. The summed E-state index contributed by atoms with van der Waals surface area (Å²) in [6.45, 7) is 5.54. The summed E-state index contributed by atoms with van der Waals surface area (Å²) >= 11 is 0. The number of anilines is 1. The van der Waals surface area contributed by atoms with Crippen molar-refractivity contribution in [1.29, 1.82) is 0 Å². The molecule has 0 atom stereocenters. The topological polar surface area (TPSA) is 112 Å². The maximum absolute atomic E-state index is 12.8. The number of sulfonamides is 1. The monoisotopic (exact) mass is 365 g/mol. The van der Waals surface area contributed by atoms with E-state index in [1.54, 1.807) is 0 Å². The minimum Gasteiger partial charge on any atom is -0.366 e. The van der Waals surface area contributed by atoms with Crippen LogP contribution in [-0.4, -0.2) is 54.0 Å². The molecule has 0 aliphatic carbocycles. The molecular formula is C15H19N5O4S. The van der Waals surface area contributed by atoms with Crippen molar-refractivity contribution in [3.63, 3.8) is 0 Å². The normalized spacial score (nSPS) is 16.2. The van der Waals surface area contributed by atoms with Crippen molar-refractivity contribution in [2.45, 2.75) is 18.7 Å². The fourth-order valence-electron chi connectivity index (χ4n) is 3.07. The Bertz CT molecular complexity index is 881. The van der Waals surface area contributed by atoms with Crippen molar-refractivity contribution < 1.29 is 13.3 Å². The van der Waals surface area contributed by atoms with Crippen LogP contribution in [-0.2, 0) is 10.0 Å². The van der Waals surface area contributed by atoms with E-state index in [-0.39, 0.29) is 10.6 Å². The van der Waals surface area contributed by atoms with Crippen LogP contribution in [0.25, 0.3) is 0 Å². The molecule has 0 bridgehead atoms. The third-order valence-electron chi connectivity index (χ3n) is 4.31. The van der Waals surface area contributed by atoms with Crippen molar-refractivity contribution in [1.82, 2.24) is 14.5 Å². The van der Waals surface area contributed by atoms with E-state index in [4.69, 9.17) is 0 Å². The summed E-state index contributed by atoms with van der Waals surface area (Å²) in [4.78, 5) is 12.3. The van der Waals surface area contributed by atoms with Crippen LogP contribution in [0.15, 0.2) is 29.2 Å². The number of non-ortho nitro benzene ring substituents is 1. The van der Waals surface area contributed by atoms with Gasteiger partial charge < -0.3 is 4.90 Å². The molecule has 3 rings (SSSR count). The highest BCUT2D eigenvalue weighted by atomic mass is 32.2. The van der Waals surface area contributed by atoms with E-state index in [1.165, 1.54) is 22.5 Å². The zero-order valence-corrected chi connectivity index (χ0v) is 14.8. The molecule has 2 aromatic rings. The van der Waals surface area contributed by atoms with Crippen molar-refractivity contribution >= 4 is 21.4 Å². The van der Waals surface area contributed by atoms with E-state index < -0.39 is 14.9 Å². The lowest BCUT2D eigenvalue weighted by atomic mass is 10.2. The number of nitro groups is 1. The molecule has 134 valence electrons. The average Bonchev–Trinajstić information content (AvgIpc) is 2.93. The fourth-order valence-corrected chi connectivity index (χ4v) is 4.53. The van der Waals surface area contributed by atoms with Gasteiger partial charge >= 0.3 is 0 Å². The summed E-state index contributed by atoms with van der Waals surface area (Å²) < 4.78 is 26.9. The number of rotatable bonds is 4. The van der Waals surface area contributed by atoms with E-state index in [0.29, 0.717) is 26.2 Å². The molecule has 1 aliphatic rings. The third kappa shape index (κ3) is 3.22. The summed E-state index contributed by atoms with van der Waals surface area (Å²) in [5, 5.41) is 18.0. The van der Waals surface area contributed by atoms with Crippen molar-refractivity contribution in [3.8, 4) is 0 Å². The Labute approximate surface area is 145 Å². The molecule has 25 heavy (non-hydrogen) atoms. The second kappa shape index (κ2) is 6.45. The zero-order valence-electron chi connectivity index (χ0n) is 14.0. The number of nitrogens with one attached hydrogen (secondary N) is 1. The van der Waals surface area contributed by atoms with Crippen molar-refractivity contribution in [2.75, 3.05) is 31.1 Å². The summed E-state index contributed by atoms with van der Waals surface area (Å²) in [6, 6.07) is 5.16. The number of piperazine rings is 1. The standard InChI is InChI=1S/C15H19N5O4S/c1-11-15(12(2)17-16-11)18-6-8-19(9-7-18)25(23,24)14-5-3-4-13(10-14)20(21)22/h3-5,10H,6-9H2,1-2H3,(H,16,17). The first-order valence-electron chi connectivity index (χ1n) is 7.82. The van der Waals surface area contributed by atoms with Gasteiger partial charge in [0, 0.05) is 38.3 Å². The smallest absolute Gasteiger partial charge is 0.270 e. The number of H-pyrrole nitrogens is 1. The summed E-state index contributed by atoms with van der Waals surface area (Å²) in [6.07, 6.45) is 0. The zero-order chi connectivity index (χ0) is 18.2. The first kappa shape index (κ1) is 17.4. The number of aryl methyl sites for hydroxylation is 2. The lowest BCUT2D eigenvalue weighted by molar-refractivity contribution is -0.385. The number of aromatic amines is 1. The highest BCUT2D eigenvalue weighted by molar-refractivity contribution is 7.89. The van der Waals surface area contributed by atoms with Gasteiger partial charge in [-0.25, -0.2) is 8.42 Å². The van der Waals surface area contributed by atoms with E-state index in [2.05, 4.69) is 15.1 Å². The summed E-state index contributed by atoms with van der Waals surface area (Å²) in [7, 11) is -3.75. The fraction of sp³-hybridized carbons (Fsp3) is 0.400. The van der Waals surface area contributed by atoms with Gasteiger partial charge in [-0.3, -0.25) is 15.2 Å². The van der Waals surface area contributed by atoms with Crippen LogP contribution in [0.5, 0.6) is 0 Å². The van der Waals surface area contributed by atoms with Gasteiger partial charge in [0.25, 0.3) is 5.69 Å². The Kier molecular flexibility index (Phi) is 4.48. The molecular weight excluding hydrogens is 346 g/mol. The van der Waals surface area contributed by atoms with Gasteiger partial charge in [-0.05, 0) is 19.9 Å². The highest BCUT2D eigenvalue weighted by Gasteiger charge is 2.30. The van der Waals surface area contributed by atoms with Crippen LogP contribution in [0.1, 0.15) is 11.4 Å². The molecule has 2 heterocycles. The SMILES string of the molecule is Cc1n[nH]c(C)c1N1CCN(S(=O)(=O)c2cccc([N+](=O)[O-])c2)CC1. The molecule has 1 aromatic carbocycles. The lowest BCUT2D eigenvalue weighted by Gasteiger charge is -2.35. The minimum atomic E-state index is -3.75. The van der Waals surface area contributed by atoms with E-state index in [0.717, 1.165) is 23.1 Å². The highest BCUT2D eigenvalue weighted by Crippen LogP contribution is 2.26. The molecule has 0 unspecified atom stereocenters. The first-order valence-corrected chi connectivity index (χ1v) is 9.26. The van der Waals surface area contributed by atoms with E-state index in [9.17, 15) is 18.5 Å². The molecule has 0 spiro atoms. The Morgan fingerprint density at radius 2 is 1.88 bits per heavy atom. The molecule has 1 saturated heterocycles. The largest absolute Gasteiger partial charge is 0.366 e. The van der Waals surface area contributed by atoms with Crippen LogP contribution in [0.3, 0.4) is 0 Å². The second-order valence-corrected chi connectivity index (χ2v) is 7.87. The number of benzene rings is 1. The van der Waals surface area contributed by atoms with Gasteiger partial charge in [-0.1, -0.05) is 6.07 Å². The third-order valence-corrected chi connectivity index (χ3v) is 6.20. The Hall–Kier alpha value is -2.46. The van der Waals surface area contributed by atoms with E-state index >= 15 is 0 Å². The molecule has 1 fully saturated rings. The Balaban J connectivity index is 1.78. The number of hydrogen-bond acceptors (Lipinski definition) is 6. The number of hydrogen-bond donors (Lipinski definition) is 1. The number of aromatic nitrogens is 2. The maximum atomic E-state index is 12.8. The second-order valence-electron chi connectivity index (χ2n) is 5.93. The van der Waals surface area contributed by atoms with Gasteiger partial charge in [0.2, 0.25) is 10.0 Å². The van der Waals surface area contributed by atoms with Crippen LogP contribution in [0.2, 0.25) is 0 Å².